The van der Waals surface area contributed by atoms with E-state index in [1.54, 1.807) is 18.5 Å². The van der Waals surface area contributed by atoms with Crippen molar-refractivity contribution in [3.8, 4) is 33.6 Å². The number of aromatic amines is 1. The van der Waals surface area contributed by atoms with E-state index in [2.05, 4.69) is 22.1 Å². The van der Waals surface area contributed by atoms with Gasteiger partial charge in [-0.15, -0.1) is 0 Å². The molecule has 0 spiro atoms. The van der Waals surface area contributed by atoms with Crippen LogP contribution in [-0.4, -0.2) is 19.9 Å². The number of fused-ring (bicyclic) bond motifs is 1. The zero-order chi connectivity index (χ0) is 21.4. The summed E-state index contributed by atoms with van der Waals surface area (Å²) in [5.41, 5.74) is 6.20. The lowest BCUT2D eigenvalue weighted by atomic mass is 10.0. The molecule has 1 N–H and O–H groups in total. The van der Waals surface area contributed by atoms with Gasteiger partial charge in [-0.05, 0) is 78.1 Å². The van der Waals surface area contributed by atoms with Crippen LogP contribution < -0.4 is 0 Å². The Morgan fingerprint density at radius 3 is 2.48 bits per heavy atom. The van der Waals surface area contributed by atoms with Crippen molar-refractivity contribution in [3.05, 3.63) is 84.2 Å². The molecule has 0 bridgehead atoms. The highest BCUT2D eigenvalue weighted by atomic mass is 32.8. The summed E-state index contributed by atoms with van der Waals surface area (Å²) < 4.78 is 39.0. The minimum atomic E-state index is -0.884. The second-order valence-electron chi connectivity index (χ2n) is 7.38. The number of halogens is 2. The lowest BCUT2D eigenvalue weighted by Gasteiger charge is -2.17. The quantitative estimate of drug-likeness (QED) is 0.431. The minimum absolute atomic E-state index is 0.288. The Balaban J connectivity index is 1.66. The lowest BCUT2D eigenvalue weighted by molar-refractivity contribution is 0.509. The molecule has 31 heavy (non-hydrogen) atoms. The number of aryl methyl sites for hydroxylation is 1. The second kappa shape index (κ2) is 8.32. The normalized spacial score (nSPS) is 15.5. The van der Waals surface area contributed by atoms with Crippen LogP contribution in [0.5, 0.6) is 0 Å². The predicted octanol–water partition coefficient (Wildman–Crippen LogP) is 5.74. The summed E-state index contributed by atoms with van der Waals surface area (Å²) in [4.78, 5) is 8.65. The molecule has 5 rings (SSSR count). The lowest BCUT2D eigenvalue weighted by Crippen LogP contribution is -2.09. The summed E-state index contributed by atoms with van der Waals surface area (Å²) in [6.45, 7) is 0. The summed E-state index contributed by atoms with van der Waals surface area (Å²) in [7, 11) is 0.404. The van der Waals surface area contributed by atoms with Gasteiger partial charge in [0.15, 0.2) is 11.6 Å². The molecule has 0 radical (unpaired) electrons. The Morgan fingerprint density at radius 2 is 1.71 bits per heavy atom. The molecule has 3 nitrogen and oxygen atoms in total. The van der Waals surface area contributed by atoms with Gasteiger partial charge in [-0.1, -0.05) is 15.5 Å². The fourth-order valence-corrected chi connectivity index (χ4v) is 6.69. The van der Waals surface area contributed by atoms with Crippen molar-refractivity contribution in [1.29, 1.82) is 0 Å². The molecule has 1 aliphatic heterocycles. The SMILES string of the molecule is O=S=S1CCCc2cc(-c3cc(-c4ccncc4)c(-c4ccc(F)c(F)c4)[nH]3)ccc21. The number of benzene rings is 2. The van der Waals surface area contributed by atoms with Gasteiger partial charge in [0.2, 0.25) is 0 Å². The van der Waals surface area contributed by atoms with Crippen molar-refractivity contribution in [3.63, 3.8) is 0 Å². The Kier molecular flexibility index (Phi) is 5.38. The molecule has 0 amide bonds. The summed E-state index contributed by atoms with van der Waals surface area (Å²) in [6.07, 6.45) is 5.39. The summed E-state index contributed by atoms with van der Waals surface area (Å²) >= 11 is 0. The maximum Gasteiger partial charge on any atom is 0.159 e. The highest BCUT2D eigenvalue weighted by Crippen LogP contribution is 2.37. The van der Waals surface area contributed by atoms with E-state index in [-0.39, 0.29) is 9.45 Å². The first kappa shape index (κ1) is 20.0. The molecule has 0 fully saturated rings. The first-order chi connectivity index (χ1) is 15.1. The molecular formula is C24H18F2N2OS2. The van der Waals surface area contributed by atoms with Crippen LogP contribution in [0.15, 0.2) is 71.9 Å². The highest BCUT2D eigenvalue weighted by Gasteiger charge is 2.18. The van der Waals surface area contributed by atoms with Gasteiger partial charge in [0.1, 0.15) is 10.2 Å². The van der Waals surface area contributed by atoms with Crippen molar-refractivity contribution in [1.82, 2.24) is 9.97 Å². The topological polar surface area (TPSA) is 45.8 Å². The number of nitrogens with zero attached hydrogens (tertiary/aromatic N) is 1. The van der Waals surface area contributed by atoms with E-state index in [9.17, 15) is 13.0 Å². The third kappa shape index (κ3) is 3.79. The molecule has 7 heteroatoms. The van der Waals surface area contributed by atoms with Crippen molar-refractivity contribution in [2.24, 2.45) is 0 Å². The van der Waals surface area contributed by atoms with Gasteiger partial charge < -0.3 is 4.98 Å². The standard InChI is InChI=1S/C24H18F2N2OS2/c25-20-5-3-18(13-21(20)26)24-19(15-7-9-27-10-8-15)14-22(28-24)16-4-6-23-17(12-16)2-1-11-31(23)30-29/h3-10,12-14,28H,1-2,11H2. The molecule has 0 saturated carbocycles. The summed E-state index contributed by atoms with van der Waals surface area (Å²) in [5, 5.41) is 0. The Morgan fingerprint density at radius 1 is 0.903 bits per heavy atom. The highest BCUT2D eigenvalue weighted by molar-refractivity contribution is 8.31. The third-order valence-corrected chi connectivity index (χ3v) is 8.74. The molecule has 2 aromatic heterocycles. The van der Waals surface area contributed by atoms with Crippen LogP contribution in [0.1, 0.15) is 12.0 Å². The number of nitrogens with one attached hydrogen (secondary N) is 1. The second-order valence-corrected chi connectivity index (χ2v) is 10.7. The Bertz CT molecular complexity index is 1350. The first-order valence-electron chi connectivity index (χ1n) is 9.87. The molecule has 3 heterocycles. The Labute approximate surface area is 183 Å². The average Bonchev–Trinajstić information content (AvgIpc) is 3.26. The van der Waals surface area contributed by atoms with Gasteiger partial charge in [0.25, 0.3) is 0 Å². The smallest absolute Gasteiger partial charge is 0.159 e. The van der Waals surface area contributed by atoms with Crippen molar-refractivity contribution >= 4 is 19.7 Å². The number of rotatable bonds is 3. The van der Waals surface area contributed by atoms with Crippen LogP contribution in [-0.2, 0) is 26.1 Å². The van der Waals surface area contributed by atoms with Crippen molar-refractivity contribution in [2.45, 2.75) is 17.7 Å². The molecule has 2 aromatic carbocycles. The van der Waals surface area contributed by atoms with Crippen LogP contribution >= 0.6 is 0 Å². The maximum absolute atomic E-state index is 14.0. The van der Waals surface area contributed by atoms with Gasteiger partial charge in [-0.2, -0.15) is 0 Å². The number of hydrogen-bond acceptors (Lipinski definition) is 2. The molecule has 1 atom stereocenters. The van der Waals surface area contributed by atoms with Crippen LogP contribution in [0.4, 0.5) is 8.78 Å². The van der Waals surface area contributed by atoms with E-state index in [4.69, 9.17) is 0 Å². The first-order valence-corrected chi connectivity index (χ1v) is 12.5. The number of pyridine rings is 1. The zero-order valence-corrected chi connectivity index (χ0v) is 18.0. The number of hydrogen-bond donors (Lipinski definition) is 1. The van der Waals surface area contributed by atoms with Crippen molar-refractivity contribution in [2.75, 3.05) is 5.75 Å². The monoisotopic (exact) mass is 452 g/mol. The van der Waals surface area contributed by atoms with Gasteiger partial charge in [-0.25, -0.2) is 13.0 Å². The predicted molar refractivity (Wildman–Crippen MR) is 122 cm³/mol. The van der Waals surface area contributed by atoms with E-state index in [1.165, 1.54) is 11.6 Å². The van der Waals surface area contributed by atoms with E-state index in [0.717, 1.165) is 51.9 Å². The fourth-order valence-electron chi connectivity index (χ4n) is 3.99. The van der Waals surface area contributed by atoms with Crippen LogP contribution in [0.2, 0.25) is 0 Å². The van der Waals surface area contributed by atoms with E-state index in [1.807, 2.05) is 24.3 Å². The molecule has 4 aromatic rings. The molecule has 0 aliphatic carbocycles. The largest absolute Gasteiger partial charge is 0.354 e. The minimum Gasteiger partial charge on any atom is -0.354 e. The molecule has 156 valence electrons. The maximum atomic E-state index is 14.0. The molecule has 1 unspecified atom stereocenters. The molecule has 0 saturated heterocycles. The van der Waals surface area contributed by atoms with Crippen LogP contribution in [0, 0.1) is 11.6 Å². The zero-order valence-electron chi connectivity index (χ0n) is 16.4. The van der Waals surface area contributed by atoms with Gasteiger partial charge in [0, 0.05) is 39.9 Å². The van der Waals surface area contributed by atoms with Crippen molar-refractivity contribution < 1.29 is 13.0 Å². The van der Waals surface area contributed by atoms with Gasteiger partial charge >= 0.3 is 0 Å². The summed E-state index contributed by atoms with van der Waals surface area (Å²) in [6, 6.07) is 15.9. The number of H-pyrrole nitrogens is 1. The summed E-state index contributed by atoms with van der Waals surface area (Å²) in [5.74, 6) is -0.817. The molecule has 1 aliphatic rings. The van der Waals surface area contributed by atoms with Gasteiger partial charge in [-0.3, -0.25) is 4.98 Å². The fraction of sp³-hybridized carbons (Fsp3) is 0.125. The molecular weight excluding hydrogens is 434 g/mol. The average molecular weight is 453 g/mol. The van der Waals surface area contributed by atoms with Crippen LogP contribution in [0.25, 0.3) is 33.6 Å². The number of aromatic nitrogens is 2. The van der Waals surface area contributed by atoms with Crippen LogP contribution in [0.3, 0.4) is 0 Å². The Hall–Kier alpha value is -2.90. The third-order valence-electron chi connectivity index (χ3n) is 5.49. The van der Waals surface area contributed by atoms with E-state index < -0.39 is 11.6 Å². The van der Waals surface area contributed by atoms with E-state index in [0.29, 0.717) is 21.5 Å². The van der Waals surface area contributed by atoms with E-state index >= 15 is 0 Å². The van der Waals surface area contributed by atoms with Gasteiger partial charge in [0.05, 0.1) is 5.69 Å².